The summed E-state index contributed by atoms with van der Waals surface area (Å²) >= 11 is 0.513. The normalized spacial score (nSPS) is 11.8. The molecule has 2 nitrogen and oxygen atoms in total. The average Bonchev–Trinajstić information content (AvgIpc) is 2.88. The Hall–Kier alpha value is -1.57. The Labute approximate surface area is 97.7 Å². The van der Waals surface area contributed by atoms with E-state index in [1.807, 2.05) is 12.4 Å². The maximum absolute atomic E-state index is 4.15. The zero-order chi connectivity index (χ0) is 10.5. The van der Waals surface area contributed by atoms with Gasteiger partial charge in [-0.1, -0.05) is 0 Å². The summed E-state index contributed by atoms with van der Waals surface area (Å²) in [6.45, 7) is 0. The van der Waals surface area contributed by atoms with E-state index < -0.39 is 0 Å². The van der Waals surface area contributed by atoms with E-state index in [1.54, 1.807) is 0 Å². The summed E-state index contributed by atoms with van der Waals surface area (Å²) in [6, 6.07) is 8.87. The first kappa shape index (κ1) is 8.57. The molecule has 76 valence electrons. The van der Waals surface area contributed by atoms with E-state index in [9.17, 15) is 0 Å². The summed E-state index contributed by atoms with van der Waals surface area (Å²) in [4.78, 5) is 9.85. The monoisotopic (exact) mass is 272 g/mol. The van der Waals surface area contributed by atoms with Crippen molar-refractivity contribution in [2.24, 2.45) is 0 Å². The molecule has 0 radical (unpaired) electrons. The van der Waals surface area contributed by atoms with E-state index in [4.69, 9.17) is 0 Å². The molecule has 0 saturated carbocycles. The number of benzene rings is 1. The van der Waals surface area contributed by atoms with Gasteiger partial charge in [-0.25, -0.2) is 0 Å². The van der Waals surface area contributed by atoms with Gasteiger partial charge in [-0.05, 0) is 0 Å². The van der Waals surface area contributed by atoms with Crippen molar-refractivity contribution in [2.45, 2.75) is 0 Å². The number of hydrogen-bond donors (Lipinski definition) is 1. The second-order valence-electron chi connectivity index (χ2n) is 3.90. The molecule has 1 aromatic carbocycles. The fraction of sp³-hybridized carbons (Fsp3) is 0. The molecule has 16 heavy (non-hydrogen) atoms. The van der Waals surface area contributed by atoms with Gasteiger partial charge < -0.3 is 0 Å². The quantitative estimate of drug-likeness (QED) is 0.489. The number of aromatic amines is 1. The number of H-pyrrole nitrogens is 1. The van der Waals surface area contributed by atoms with Crippen molar-refractivity contribution in [1.82, 2.24) is 9.97 Å². The number of rotatable bonds is 0. The van der Waals surface area contributed by atoms with Crippen LogP contribution >= 0.6 is 0 Å². The first-order valence-corrected chi connectivity index (χ1v) is 6.99. The molecule has 0 saturated heterocycles. The van der Waals surface area contributed by atoms with Crippen LogP contribution in [0.15, 0.2) is 41.6 Å². The van der Waals surface area contributed by atoms with Crippen molar-refractivity contribution in [3.05, 3.63) is 41.6 Å². The molecule has 4 aromatic rings. The standard InChI is InChI=1S/C13H8N2Se/c1-3-14-7-12-9(1)10-5-8-2-4-16-13(8)6-11(10)15-12/h1-7,15H. The van der Waals surface area contributed by atoms with Gasteiger partial charge >= 0.3 is 97.5 Å². The van der Waals surface area contributed by atoms with Crippen LogP contribution in [0.4, 0.5) is 0 Å². The Kier molecular flexibility index (Phi) is 1.59. The van der Waals surface area contributed by atoms with Crippen molar-refractivity contribution < 1.29 is 0 Å². The zero-order valence-electron chi connectivity index (χ0n) is 8.40. The van der Waals surface area contributed by atoms with E-state index in [0.29, 0.717) is 14.5 Å². The van der Waals surface area contributed by atoms with E-state index in [-0.39, 0.29) is 0 Å². The molecule has 0 aliphatic carbocycles. The number of fused-ring (bicyclic) bond motifs is 4. The second-order valence-corrected chi connectivity index (χ2v) is 5.89. The summed E-state index contributed by atoms with van der Waals surface area (Å²) in [5, 5.41) is 3.95. The summed E-state index contributed by atoms with van der Waals surface area (Å²) in [5.74, 6) is 0. The van der Waals surface area contributed by atoms with Gasteiger partial charge in [0.25, 0.3) is 0 Å². The molecular weight excluding hydrogens is 263 g/mol. The van der Waals surface area contributed by atoms with E-state index >= 15 is 0 Å². The first-order chi connectivity index (χ1) is 7.92. The molecule has 0 atom stereocenters. The molecule has 0 aliphatic rings. The van der Waals surface area contributed by atoms with E-state index in [1.165, 1.54) is 25.9 Å². The second kappa shape index (κ2) is 2.97. The van der Waals surface area contributed by atoms with Gasteiger partial charge in [0, 0.05) is 0 Å². The minimum atomic E-state index is 0.513. The van der Waals surface area contributed by atoms with Crippen LogP contribution in [-0.4, -0.2) is 24.5 Å². The number of hydrogen-bond acceptors (Lipinski definition) is 1. The van der Waals surface area contributed by atoms with Gasteiger partial charge in [-0.15, -0.1) is 0 Å². The number of nitrogens with zero attached hydrogens (tertiary/aromatic N) is 1. The number of nitrogens with one attached hydrogen (secondary N) is 1. The SMILES string of the molecule is c1cc2c(cn1)[nH]c1cc3[se]ccc3cc12. The fourth-order valence-electron chi connectivity index (χ4n) is 2.21. The fourth-order valence-corrected chi connectivity index (χ4v) is 3.91. The van der Waals surface area contributed by atoms with Crippen LogP contribution in [0.2, 0.25) is 0 Å². The van der Waals surface area contributed by atoms with Crippen LogP contribution in [0.3, 0.4) is 0 Å². The molecule has 0 spiro atoms. The molecule has 0 fully saturated rings. The van der Waals surface area contributed by atoms with Gasteiger partial charge in [0.2, 0.25) is 0 Å². The third kappa shape index (κ3) is 1.04. The van der Waals surface area contributed by atoms with Gasteiger partial charge in [-0.2, -0.15) is 0 Å². The van der Waals surface area contributed by atoms with Gasteiger partial charge in [0.1, 0.15) is 0 Å². The zero-order valence-corrected chi connectivity index (χ0v) is 10.1. The van der Waals surface area contributed by atoms with Crippen LogP contribution in [0.1, 0.15) is 0 Å². The first-order valence-electron chi connectivity index (χ1n) is 5.14. The predicted molar refractivity (Wildman–Crippen MR) is 68.0 cm³/mol. The summed E-state index contributed by atoms with van der Waals surface area (Å²) in [6.07, 6.45) is 3.74. The Morgan fingerprint density at radius 1 is 1.06 bits per heavy atom. The Morgan fingerprint density at radius 3 is 3.06 bits per heavy atom. The van der Waals surface area contributed by atoms with Crippen LogP contribution in [-0.2, 0) is 0 Å². The van der Waals surface area contributed by atoms with E-state index in [2.05, 4.69) is 39.2 Å². The maximum atomic E-state index is 4.15. The molecule has 3 aromatic heterocycles. The topological polar surface area (TPSA) is 28.7 Å². The molecule has 0 amide bonds. The van der Waals surface area contributed by atoms with Gasteiger partial charge in [-0.3, -0.25) is 0 Å². The molecular formula is C13H8N2Se. The van der Waals surface area contributed by atoms with Crippen molar-refractivity contribution in [3.63, 3.8) is 0 Å². The summed E-state index contributed by atoms with van der Waals surface area (Å²) in [5.41, 5.74) is 2.35. The minimum absolute atomic E-state index is 0.513. The van der Waals surface area contributed by atoms with Crippen molar-refractivity contribution >= 4 is 46.0 Å². The van der Waals surface area contributed by atoms with Gasteiger partial charge in [0.15, 0.2) is 0 Å². The predicted octanol–water partition coefficient (Wildman–Crippen LogP) is 2.93. The Morgan fingerprint density at radius 2 is 2.06 bits per heavy atom. The van der Waals surface area contributed by atoms with Crippen molar-refractivity contribution in [2.75, 3.05) is 0 Å². The Balaban J connectivity index is 2.32. The van der Waals surface area contributed by atoms with Gasteiger partial charge in [0.05, 0.1) is 0 Å². The molecule has 0 bridgehead atoms. The molecule has 3 heterocycles. The molecule has 0 unspecified atom stereocenters. The van der Waals surface area contributed by atoms with Crippen molar-refractivity contribution in [1.29, 1.82) is 0 Å². The van der Waals surface area contributed by atoms with Crippen LogP contribution in [0, 0.1) is 0 Å². The average molecular weight is 271 g/mol. The van der Waals surface area contributed by atoms with Crippen LogP contribution in [0.25, 0.3) is 31.5 Å². The van der Waals surface area contributed by atoms with E-state index in [0.717, 1.165) is 5.52 Å². The van der Waals surface area contributed by atoms with Crippen LogP contribution in [0.5, 0.6) is 0 Å². The molecule has 4 rings (SSSR count). The van der Waals surface area contributed by atoms with Crippen molar-refractivity contribution in [3.8, 4) is 0 Å². The number of aromatic nitrogens is 2. The number of pyridine rings is 1. The summed E-state index contributed by atoms with van der Waals surface area (Å²) < 4.78 is 1.47. The summed E-state index contributed by atoms with van der Waals surface area (Å²) in [7, 11) is 0. The Bertz CT molecular complexity index is 810. The molecule has 0 aliphatic heterocycles. The van der Waals surface area contributed by atoms with Crippen LogP contribution < -0.4 is 0 Å². The third-order valence-corrected chi connectivity index (χ3v) is 4.82. The molecule has 3 heteroatoms. The molecule has 1 N–H and O–H groups in total. The third-order valence-electron chi connectivity index (χ3n) is 2.97.